The molecular weight excluding hydrogens is 409 g/mol. The van der Waals surface area contributed by atoms with Crippen LogP contribution >= 0.6 is 12.4 Å². The highest BCUT2D eigenvalue weighted by Gasteiger charge is 2.42. The molecule has 2 aromatic carbocycles. The minimum atomic E-state index is -0.821. The molecule has 7 nitrogen and oxygen atoms in total. The summed E-state index contributed by atoms with van der Waals surface area (Å²) in [7, 11) is 0. The van der Waals surface area contributed by atoms with Gasteiger partial charge in [-0.15, -0.1) is 12.4 Å². The number of nitrogens with one attached hydrogen (secondary N) is 2. The maximum atomic E-state index is 13.8. The number of rotatable bonds is 5. The van der Waals surface area contributed by atoms with Gasteiger partial charge in [0.15, 0.2) is 5.82 Å². The average Bonchev–Trinajstić information content (AvgIpc) is 3.24. The lowest BCUT2D eigenvalue weighted by atomic mass is 9.73. The molecule has 0 bridgehead atoms. The summed E-state index contributed by atoms with van der Waals surface area (Å²) in [5, 5.41) is 9.88. The molecule has 4 rings (SSSR count). The number of carbonyl (C=O) groups excluding carboxylic acids is 1. The highest BCUT2D eigenvalue weighted by Crippen LogP contribution is 2.36. The van der Waals surface area contributed by atoms with Crippen molar-refractivity contribution in [1.29, 1.82) is 0 Å². The van der Waals surface area contributed by atoms with Crippen molar-refractivity contribution in [2.75, 3.05) is 18.5 Å². The van der Waals surface area contributed by atoms with Gasteiger partial charge in [0.25, 0.3) is 0 Å². The van der Waals surface area contributed by atoms with Crippen LogP contribution in [0.4, 0.5) is 10.1 Å². The number of carbonyl (C=O) groups is 1. The fourth-order valence-corrected chi connectivity index (χ4v) is 3.62. The van der Waals surface area contributed by atoms with Crippen molar-refractivity contribution in [3.05, 3.63) is 65.7 Å². The van der Waals surface area contributed by atoms with E-state index in [0.717, 1.165) is 5.56 Å². The number of hydrogen-bond donors (Lipinski definition) is 3. The second kappa shape index (κ2) is 9.34. The molecule has 1 fully saturated rings. The number of ether oxygens (including phenoxy) is 1. The molecule has 4 N–H and O–H groups in total. The number of aromatic nitrogens is 3. The van der Waals surface area contributed by atoms with Crippen molar-refractivity contribution < 1.29 is 13.9 Å². The SMILES string of the molecule is Cl.NCc1nc(-c2ccc(NC(=O)C3(c4cccc(F)c4)CCOCC3)cc2)n[nH]1. The Morgan fingerprint density at radius 1 is 1.20 bits per heavy atom. The van der Waals surface area contributed by atoms with Crippen molar-refractivity contribution in [1.82, 2.24) is 15.2 Å². The predicted octanol–water partition coefficient (Wildman–Crippen LogP) is 3.18. The van der Waals surface area contributed by atoms with Crippen LogP contribution < -0.4 is 11.1 Å². The molecule has 0 saturated carbocycles. The average molecular weight is 432 g/mol. The third kappa shape index (κ3) is 4.35. The van der Waals surface area contributed by atoms with Crippen LogP contribution in [0.2, 0.25) is 0 Å². The van der Waals surface area contributed by atoms with Crippen LogP contribution in [0.15, 0.2) is 48.5 Å². The molecule has 1 aliphatic heterocycles. The largest absolute Gasteiger partial charge is 0.381 e. The topological polar surface area (TPSA) is 106 Å². The molecule has 3 aromatic rings. The summed E-state index contributed by atoms with van der Waals surface area (Å²) in [5.74, 6) is 0.634. The summed E-state index contributed by atoms with van der Waals surface area (Å²) in [6.45, 7) is 1.20. The molecule has 0 unspecified atom stereocenters. The predicted molar refractivity (Wildman–Crippen MR) is 114 cm³/mol. The maximum absolute atomic E-state index is 13.8. The van der Waals surface area contributed by atoms with E-state index in [-0.39, 0.29) is 30.7 Å². The van der Waals surface area contributed by atoms with E-state index in [0.29, 0.717) is 49.0 Å². The maximum Gasteiger partial charge on any atom is 0.235 e. The number of hydrogen-bond acceptors (Lipinski definition) is 5. The van der Waals surface area contributed by atoms with Crippen LogP contribution in [-0.4, -0.2) is 34.3 Å². The Morgan fingerprint density at radius 3 is 2.57 bits per heavy atom. The monoisotopic (exact) mass is 431 g/mol. The minimum absolute atomic E-state index is 0. The van der Waals surface area contributed by atoms with Crippen LogP contribution in [0, 0.1) is 5.82 Å². The Balaban J connectivity index is 0.00000256. The van der Waals surface area contributed by atoms with Gasteiger partial charge >= 0.3 is 0 Å². The van der Waals surface area contributed by atoms with E-state index in [1.54, 1.807) is 24.3 Å². The lowest BCUT2D eigenvalue weighted by Gasteiger charge is -2.36. The first kappa shape index (κ1) is 21.9. The van der Waals surface area contributed by atoms with Gasteiger partial charge in [0.05, 0.1) is 12.0 Å². The van der Waals surface area contributed by atoms with Crippen LogP contribution in [0.5, 0.6) is 0 Å². The highest BCUT2D eigenvalue weighted by atomic mass is 35.5. The second-order valence-electron chi connectivity index (χ2n) is 7.05. The number of H-pyrrole nitrogens is 1. The van der Waals surface area contributed by atoms with Crippen LogP contribution in [0.1, 0.15) is 24.2 Å². The van der Waals surface area contributed by atoms with Crippen LogP contribution in [0.3, 0.4) is 0 Å². The molecule has 2 heterocycles. The summed E-state index contributed by atoms with van der Waals surface area (Å²) >= 11 is 0. The molecule has 30 heavy (non-hydrogen) atoms. The Labute approximate surface area is 179 Å². The molecule has 9 heteroatoms. The number of nitrogens with zero attached hydrogens (tertiary/aromatic N) is 2. The normalized spacial score (nSPS) is 15.3. The Bertz CT molecular complexity index is 1000. The van der Waals surface area contributed by atoms with Crippen molar-refractivity contribution in [3.63, 3.8) is 0 Å². The van der Waals surface area contributed by atoms with Gasteiger partial charge in [-0.3, -0.25) is 9.89 Å². The summed E-state index contributed by atoms with van der Waals surface area (Å²) in [6, 6.07) is 13.5. The van der Waals surface area contributed by atoms with Crippen molar-refractivity contribution in [2.24, 2.45) is 5.73 Å². The van der Waals surface area contributed by atoms with E-state index < -0.39 is 5.41 Å². The summed E-state index contributed by atoms with van der Waals surface area (Å²) in [4.78, 5) is 17.6. The van der Waals surface area contributed by atoms with Crippen molar-refractivity contribution in [3.8, 4) is 11.4 Å². The molecule has 0 radical (unpaired) electrons. The van der Waals surface area contributed by atoms with E-state index in [9.17, 15) is 9.18 Å². The number of anilines is 1. The Kier molecular flexibility index (Phi) is 6.81. The molecule has 1 amide bonds. The summed E-state index contributed by atoms with van der Waals surface area (Å²) in [6.07, 6.45) is 0.999. The Morgan fingerprint density at radius 2 is 1.93 bits per heavy atom. The van der Waals surface area contributed by atoms with Gasteiger partial charge in [0.1, 0.15) is 11.6 Å². The van der Waals surface area contributed by atoms with Crippen LogP contribution in [0.25, 0.3) is 11.4 Å². The van der Waals surface area contributed by atoms with E-state index in [4.69, 9.17) is 10.5 Å². The van der Waals surface area contributed by atoms with Crippen molar-refractivity contribution >= 4 is 24.0 Å². The molecule has 1 aromatic heterocycles. The number of aromatic amines is 1. The fraction of sp³-hybridized carbons (Fsp3) is 0.286. The number of amides is 1. The van der Waals surface area contributed by atoms with Gasteiger partial charge in [-0.05, 0) is 54.8 Å². The number of halogens is 2. The first-order valence-electron chi connectivity index (χ1n) is 9.48. The molecule has 0 atom stereocenters. The molecule has 1 aliphatic rings. The number of benzene rings is 2. The van der Waals surface area contributed by atoms with E-state index >= 15 is 0 Å². The molecular formula is C21H23ClFN5O2. The van der Waals surface area contributed by atoms with Gasteiger partial charge in [0, 0.05) is 24.5 Å². The van der Waals surface area contributed by atoms with Gasteiger partial charge in [-0.25, -0.2) is 9.37 Å². The van der Waals surface area contributed by atoms with Gasteiger partial charge < -0.3 is 15.8 Å². The minimum Gasteiger partial charge on any atom is -0.381 e. The van der Waals surface area contributed by atoms with E-state index in [1.165, 1.54) is 12.1 Å². The molecule has 1 saturated heterocycles. The van der Waals surface area contributed by atoms with Gasteiger partial charge in [-0.1, -0.05) is 12.1 Å². The zero-order valence-corrected chi connectivity index (χ0v) is 17.0. The third-order valence-corrected chi connectivity index (χ3v) is 5.28. The van der Waals surface area contributed by atoms with Crippen LogP contribution in [-0.2, 0) is 21.5 Å². The zero-order valence-electron chi connectivity index (χ0n) is 16.2. The second-order valence-corrected chi connectivity index (χ2v) is 7.05. The van der Waals surface area contributed by atoms with E-state index in [2.05, 4.69) is 20.5 Å². The fourth-order valence-electron chi connectivity index (χ4n) is 3.62. The number of nitrogens with two attached hydrogens (primary N) is 1. The highest BCUT2D eigenvalue weighted by molar-refractivity contribution is 5.99. The first-order valence-corrected chi connectivity index (χ1v) is 9.48. The van der Waals surface area contributed by atoms with E-state index in [1.807, 2.05) is 12.1 Å². The lowest BCUT2D eigenvalue weighted by Crippen LogP contribution is -2.44. The zero-order chi connectivity index (χ0) is 20.3. The quantitative estimate of drug-likeness (QED) is 0.575. The lowest BCUT2D eigenvalue weighted by molar-refractivity contribution is -0.125. The third-order valence-electron chi connectivity index (χ3n) is 5.28. The van der Waals surface area contributed by atoms with Gasteiger partial charge in [0.2, 0.25) is 5.91 Å². The van der Waals surface area contributed by atoms with Crippen molar-refractivity contribution in [2.45, 2.75) is 24.8 Å². The standard InChI is InChI=1S/C21H22FN5O2.ClH/c22-16-3-1-2-15(12-16)21(8-10-29-11-9-21)20(28)24-17-6-4-14(5-7-17)19-25-18(13-23)26-27-19;/h1-7,12H,8-11,13,23H2,(H,24,28)(H,25,26,27);1H. The Hall–Kier alpha value is -2.81. The first-order chi connectivity index (χ1) is 14.1. The molecule has 0 aliphatic carbocycles. The summed E-state index contributed by atoms with van der Waals surface area (Å²) in [5.41, 5.74) is 6.86. The molecule has 158 valence electrons. The van der Waals surface area contributed by atoms with Gasteiger partial charge in [-0.2, -0.15) is 5.10 Å². The molecule has 0 spiro atoms. The smallest absolute Gasteiger partial charge is 0.235 e. The summed E-state index contributed by atoms with van der Waals surface area (Å²) < 4.78 is 19.3.